The van der Waals surface area contributed by atoms with E-state index in [1.54, 1.807) is 7.05 Å². The van der Waals surface area contributed by atoms with Crippen LogP contribution in [0.3, 0.4) is 0 Å². The fourth-order valence-corrected chi connectivity index (χ4v) is 1.87. The average Bonchev–Trinajstić information content (AvgIpc) is 2.67. The second kappa shape index (κ2) is 5.09. The number of primary amides is 1. The van der Waals surface area contributed by atoms with Crippen molar-refractivity contribution in [2.45, 2.75) is 24.9 Å². The van der Waals surface area contributed by atoms with E-state index in [0.29, 0.717) is 13.0 Å². The molecule has 0 saturated carbocycles. The van der Waals surface area contributed by atoms with E-state index >= 15 is 0 Å². The lowest BCUT2D eigenvalue weighted by molar-refractivity contribution is -0.138. The van der Waals surface area contributed by atoms with Crippen LogP contribution in [0.15, 0.2) is 0 Å². The summed E-state index contributed by atoms with van der Waals surface area (Å²) in [5, 5.41) is 2.82. The summed E-state index contributed by atoms with van der Waals surface area (Å²) < 4.78 is 0. The summed E-state index contributed by atoms with van der Waals surface area (Å²) in [7, 11) is 1.67. The Labute approximate surface area is 89.0 Å². The number of likely N-dealkylation sites (N-methyl/N-ethyl adjacent to an activating group) is 1. The maximum absolute atomic E-state index is 11.9. The van der Waals surface area contributed by atoms with Crippen LogP contribution < -0.4 is 16.8 Å². The first-order valence-electron chi connectivity index (χ1n) is 5.09. The van der Waals surface area contributed by atoms with Gasteiger partial charge in [-0.15, -0.1) is 0 Å². The average molecular weight is 214 g/mol. The third-order valence-corrected chi connectivity index (χ3v) is 2.75. The molecule has 2 atom stereocenters. The van der Waals surface area contributed by atoms with Crippen LogP contribution in [0.1, 0.15) is 12.8 Å². The van der Waals surface area contributed by atoms with Gasteiger partial charge in [0.2, 0.25) is 11.8 Å². The van der Waals surface area contributed by atoms with Crippen molar-refractivity contribution >= 4 is 11.8 Å². The van der Waals surface area contributed by atoms with Gasteiger partial charge in [-0.05, 0) is 19.9 Å². The van der Waals surface area contributed by atoms with Gasteiger partial charge in [0.15, 0.2) is 0 Å². The van der Waals surface area contributed by atoms with Gasteiger partial charge < -0.3 is 21.7 Å². The Morgan fingerprint density at radius 2 is 2.27 bits per heavy atom. The lowest BCUT2D eigenvalue weighted by Crippen LogP contribution is -2.53. The molecule has 0 spiro atoms. The van der Waals surface area contributed by atoms with Crippen LogP contribution in [0.5, 0.6) is 0 Å². The number of nitrogens with one attached hydrogen (secondary N) is 1. The minimum absolute atomic E-state index is 0.138. The van der Waals surface area contributed by atoms with Gasteiger partial charge in [0.1, 0.15) is 6.04 Å². The van der Waals surface area contributed by atoms with E-state index in [2.05, 4.69) is 5.32 Å². The van der Waals surface area contributed by atoms with Gasteiger partial charge in [-0.25, -0.2) is 0 Å². The standard InChI is InChI=1S/C9H18N4O2/c1-12-6(5-10)9(15)13-4-2-3-7(13)8(11)14/h6-7,12H,2-5,10H2,1H3,(H2,11,14). The number of amides is 2. The molecule has 0 radical (unpaired) electrons. The largest absolute Gasteiger partial charge is 0.368 e. The summed E-state index contributed by atoms with van der Waals surface area (Å²) in [6.45, 7) is 0.807. The minimum Gasteiger partial charge on any atom is -0.368 e. The molecular formula is C9H18N4O2. The van der Waals surface area contributed by atoms with Crippen molar-refractivity contribution in [1.29, 1.82) is 0 Å². The Morgan fingerprint density at radius 1 is 1.60 bits per heavy atom. The molecule has 0 bridgehead atoms. The van der Waals surface area contributed by atoms with Crippen LogP contribution in [0.2, 0.25) is 0 Å². The minimum atomic E-state index is -0.458. The molecule has 0 aromatic carbocycles. The number of carbonyl (C=O) groups excluding carboxylic acids is 2. The van der Waals surface area contributed by atoms with Gasteiger partial charge >= 0.3 is 0 Å². The Kier molecular flexibility index (Phi) is 4.05. The maximum Gasteiger partial charge on any atom is 0.241 e. The topological polar surface area (TPSA) is 101 Å². The molecule has 86 valence electrons. The molecule has 0 aromatic heterocycles. The van der Waals surface area contributed by atoms with Crippen LogP contribution in [0.4, 0.5) is 0 Å². The molecule has 6 heteroatoms. The van der Waals surface area contributed by atoms with Crippen molar-refractivity contribution in [3.8, 4) is 0 Å². The highest BCUT2D eigenvalue weighted by Gasteiger charge is 2.34. The molecule has 1 heterocycles. The van der Waals surface area contributed by atoms with Gasteiger partial charge in [0, 0.05) is 13.1 Å². The first-order valence-corrected chi connectivity index (χ1v) is 5.09. The van der Waals surface area contributed by atoms with Gasteiger partial charge in [0.05, 0.1) is 6.04 Å². The van der Waals surface area contributed by atoms with E-state index in [4.69, 9.17) is 11.5 Å². The van der Waals surface area contributed by atoms with E-state index in [-0.39, 0.29) is 12.5 Å². The van der Waals surface area contributed by atoms with E-state index in [1.807, 2.05) is 0 Å². The number of rotatable bonds is 4. The summed E-state index contributed by atoms with van der Waals surface area (Å²) in [5.41, 5.74) is 10.7. The Morgan fingerprint density at radius 3 is 2.73 bits per heavy atom. The monoisotopic (exact) mass is 214 g/mol. The third-order valence-electron chi connectivity index (χ3n) is 2.75. The zero-order chi connectivity index (χ0) is 11.4. The molecule has 2 amide bonds. The Balaban J connectivity index is 2.69. The molecule has 1 aliphatic rings. The number of hydrogen-bond acceptors (Lipinski definition) is 4. The molecule has 0 aliphatic carbocycles. The number of nitrogens with two attached hydrogens (primary N) is 2. The van der Waals surface area contributed by atoms with E-state index in [9.17, 15) is 9.59 Å². The smallest absolute Gasteiger partial charge is 0.241 e. The molecule has 1 saturated heterocycles. The molecule has 1 rings (SSSR count). The molecule has 2 unspecified atom stereocenters. The van der Waals surface area contributed by atoms with Crippen molar-refractivity contribution in [2.75, 3.05) is 20.1 Å². The van der Waals surface area contributed by atoms with Crippen LogP contribution in [0, 0.1) is 0 Å². The van der Waals surface area contributed by atoms with Crippen molar-refractivity contribution in [2.24, 2.45) is 11.5 Å². The highest BCUT2D eigenvalue weighted by atomic mass is 16.2. The fourth-order valence-electron chi connectivity index (χ4n) is 1.87. The maximum atomic E-state index is 11.9. The van der Waals surface area contributed by atoms with E-state index in [0.717, 1.165) is 6.42 Å². The molecular weight excluding hydrogens is 196 g/mol. The van der Waals surface area contributed by atoms with Crippen LogP contribution >= 0.6 is 0 Å². The van der Waals surface area contributed by atoms with E-state index < -0.39 is 18.0 Å². The predicted octanol–water partition coefficient (Wildman–Crippen LogP) is -1.99. The molecule has 0 aromatic rings. The highest BCUT2D eigenvalue weighted by molar-refractivity contribution is 5.89. The lowest BCUT2D eigenvalue weighted by atomic mass is 10.2. The van der Waals surface area contributed by atoms with Crippen molar-refractivity contribution in [1.82, 2.24) is 10.2 Å². The fraction of sp³-hybridized carbons (Fsp3) is 0.778. The number of carbonyl (C=O) groups is 2. The zero-order valence-electron chi connectivity index (χ0n) is 8.90. The van der Waals surface area contributed by atoms with Crippen molar-refractivity contribution in [3.05, 3.63) is 0 Å². The van der Waals surface area contributed by atoms with Crippen LogP contribution in [0.25, 0.3) is 0 Å². The highest BCUT2D eigenvalue weighted by Crippen LogP contribution is 2.17. The lowest BCUT2D eigenvalue weighted by Gasteiger charge is -2.26. The SMILES string of the molecule is CNC(CN)C(=O)N1CCCC1C(N)=O. The van der Waals surface area contributed by atoms with Gasteiger partial charge in [-0.3, -0.25) is 9.59 Å². The molecule has 1 aliphatic heterocycles. The van der Waals surface area contributed by atoms with Gasteiger partial charge in [-0.2, -0.15) is 0 Å². The summed E-state index contributed by atoms with van der Waals surface area (Å²) in [6.07, 6.45) is 1.47. The first-order chi connectivity index (χ1) is 7.11. The number of nitrogens with zero attached hydrogens (tertiary/aromatic N) is 1. The van der Waals surface area contributed by atoms with E-state index in [1.165, 1.54) is 4.90 Å². The second-order valence-corrected chi connectivity index (χ2v) is 3.67. The van der Waals surface area contributed by atoms with Gasteiger partial charge in [-0.1, -0.05) is 0 Å². The number of hydrogen-bond donors (Lipinski definition) is 3. The Bertz CT molecular complexity index is 252. The normalized spacial score (nSPS) is 22.8. The predicted molar refractivity (Wildman–Crippen MR) is 55.8 cm³/mol. The quantitative estimate of drug-likeness (QED) is 0.504. The number of likely N-dealkylation sites (tertiary alicyclic amines) is 1. The molecule has 15 heavy (non-hydrogen) atoms. The summed E-state index contributed by atoms with van der Waals surface area (Å²) in [6, 6.07) is -0.884. The van der Waals surface area contributed by atoms with Crippen LogP contribution in [-0.2, 0) is 9.59 Å². The van der Waals surface area contributed by atoms with Gasteiger partial charge in [0.25, 0.3) is 0 Å². The molecule has 1 fully saturated rings. The second-order valence-electron chi connectivity index (χ2n) is 3.67. The third kappa shape index (κ3) is 2.45. The summed E-state index contributed by atoms with van der Waals surface area (Å²) >= 11 is 0. The molecule has 5 N–H and O–H groups in total. The first kappa shape index (κ1) is 11.9. The van der Waals surface area contributed by atoms with Crippen LogP contribution in [-0.4, -0.2) is 48.9 Å². The molecule has 6 nitrogen and oxygen atoms in total. The van der Waals surface area contributed by atoms with Crippen molar-refractivity contribution < 1.29 is 9.59 Å². The summed E-state index contributed by atoms with van der Waals surface area (Å²) in [4.78, 5) is 24.5. The van der Waals surface area contributed by atoms with Crippen molar-refractivity contribution in [3.63, 3.8) is 0 Å². The Hall–Kier alpha value is -1.14. The zero-order valence-corrected chi connectivity index (χ0v) is 8.90. The summed E-state index contributed by atoms with van der Waals surface area (Å²) in [5.74, 6) is -0.575.